The Hall–Kier alpha value is -1.79. The van der Waals surface area contributed by atoms with E-state index in [9.17, 15) is 4.79 Å². The first-order valence-electron chi connectivity index (χ1n) is 8.01. The Balaban J connectivity index is 1.65. The summed E-state index contributed by atoms with van der Waals surface area (Å²) < 4.78 is 6.31. The molecule has 0 aliphatic carbocycles. The molecule has 1 amide bonds. The highest BCUT2D eigenvalue weighted by Gasteiger charge is 2.30. The lowest BCUT2D eigenvalue weighted by molar-refractivity contribution is -0.121. The van der Waals surface area contributed by atoms with E-state index in [2.05, 4.69) is 6.58 Å². The first kappa shape index (κ1) is 20.0. The van der Waals surface area contributed by atoms with Gasteiger partial charge in [0.2, 0.25) is 0 Å². The van der Waals surface area contributed by atoms with Crippen molar-refractivity contribution >= 4 is 63.5 Å². The molecule has 0 radical (unpaired) electrons. The maximum absolute atomic E-state index is 12.3. The third-order valence-electron chi connectivity index (χ3n) is 3.75. The first-order valence-corrected chi connectivity index (χ1v) is 9.99. The van der Waals surface area contributed by atoms with Gasteiger partial charge in [0, 0.05) is 6.54 Å². The molecular formula is C20H15Cl2NO2S2. The second-order valence-corrected chi connectivity index (χ2v) is 8.18. The highest BCUT2D eigenvalue weighted by Crippen LogP contribution is 2.32. The first-order chi connectivity index (χ1) is 13.0. The number of carbonyl (C=O) groups is 1. The summed E-state index contributed by atoms with van der Waals surface area (Å²) in [7, 11) is 0. The zero-order valence-electron chi connectivity index (χ0n) is 14.2. The van der Waals surface area contributed by atoms with Crippen molar-refractivity contribution in [1.29, 1.82) is 0 Å². The molecule has 27 heavy (non-hydrogen) atoms. The molecule has 138 valence electrons. The van der Waals surface area contributed by atoms with Crippen LogP contribution in [-0.2, 0) is 11.4 Å². The summed E-state index contributed by atoms with van der Waals surface area (Å²) >= 11 is 18.5. The van der Waals surface area contributed by atoms with Crippen LogP contribution in [0.5, 0.6) is 5.75 Å². The number of thioether (sulfide) groups is 1. The third-order valence-corrected chi connectivity index (χ3v) is 5.87. The molecule has 1 saturated heterocycles. The number of ether oxygens (including phenoxy) is 1. The fraction of sp³-hybridized carbons (Fsp3) is 0.100. The van der Waals surface area contributed by atoms with Gasteiger partial charge in [0.25, 0.3) is 5.91 Å². The molecule has 1 heterocycles. The quantitative estimate of drug-likeness (QED) is 0.318. The number of amides is 1. The molecule has 0 bridgehead atoms. The van der Waals surface area contributed by atoms with Gasteiger partial charge in [-0.15, -0.1) is 6.58 Å². The number of halogens is 2. The normalized spacial score (nSPS) is 15.5. The van der Waals surface area contributed by atoms with E-state index >= 15 is 0 Å². The number of nitrogens with zero attached hydrogens (tertiary/aromatic N) is 1. The van der Waals surface area contributed by atoms with Crippen LogP contribution in [0.1, 0.15) is 11.1 Å². The Bertz CT molecular complexity index is 926. The van der Waals surface area contributed by atoms with E-state index in [0.29, 0.717) is 32.4 Å². The Kier molecular flexibility index (Phi) is 6.60. The second kappa shape index (κ2) is 8.93. The van der Waals surface area contributed by atoms with Gasteiger partial charge in [0.1, 0.15) is 16.7 Å². The largest absolute Gasteiger partial charge is 0.489 e. The molecule has 0 spiro atoms. The number of rotatable bonds is 6. The van der Waals surface area contributed by atoms with Crippen LogP contribution in [0.15, 0.2) is 60.0 Å². The summed E-state index contributed by atoms with van der Waals surface area (Å²) in [6.45, 7) is 4.46. The third kappa shape index (κ3) is 4.93. The van der Waals surface area contributed by atoms with Crippen molar-refractivity contribution in [3.63, 3.8) is 0 Å². The van der Waals surface area contributed by atoms with Gasteiger partial charge in [-0.2, -0.15) is 0 Å². The average Bonchev–Trinajstić information content (AvgIpc) is 2.92. The van der Waals surface area contributed by atoms with Crippen LogP contribution in [0.25, 0.3) is 6.08 Å². The maximum atomic E-state index is 12.3. The van der Waals surface area contributed by atoms with E-state index in [0.717, 1.165) is 16.9 Å². The molecule has 1 fully saturated rings. The van der Waals surface area contributed by atoms with Crippen molar-refractivity contribution in [3.05, 3.63) is 81.2 Å². The molecule has 1 aliphatic heterocycles. The van der Waals surface area contributed by atoms with E-state index in [1.165, 1.54) is 16.7 Å². The van der Waals surface area contributed by atoms with Crippen molar-refractivity contribution < 1.29 is 9.53 Å². The van der Waals surface area contributed by atoms with Crippen LogP contribution in [0, 0.1) is 0 Å². The molecule has 0 N–H and O–H groups in total. The van der Waals surface area contributed by atoms with Crippen molar-refractivity contribution in [1.82, 2.24) is 4.90 Å². The molecule has 3 rings (SSSR count). The molecule has 7 heteroatoms. The minimum Gasteiger partial charge on any atom is -0.489 e. The standard InChI is InChI=1S/C20H15Cl2NO2S2/c1-2-9-23-19(24)18(27-20(23)26)11-13-3-6-15(7-4-13)25-12-14-5-8-16(21)17(22)10-14/h2-8,10-11H,1,9,12H2/b18-11-. The van der Waals surface area contributed by atoms with Crippen LogP contribution in [0.3, 0.4) is 0 Å². The van der Waals surface area contributed by atoms with Crippen molar-refractivity contribution in [3.8, 4) is 5.75 Å². The average molecular weight is 436 g/mol. The number of hydrogen-bond acceptors (Lipinski definition) is 4. The molecular weight excluding hydrogens is 421 g/mol. The van der Waals surface area contributed by atoms with Gasteiger partial charge in [0.15, 0.2) is 0 Å². The fourth-order valence-corrected chi connectivity index (χ4v) is 3.99. The van der Waals surface area contributed by atoms with E-state index < -0.39 is 0 Å². The minimum atomic E-state index is -0.0927. The SMILES string of the molecule is C=CCN1C(=O)/C(=C/c2ccc(OCc3ccc(Cl)c(Cl)c3)cc2)SC1=S. The van der Waals surface area contributed by atoms with Gasteiger partial charge in [-0.3, -0.25) is 9.69 Å². The lowest BCUT2D eigenvalue weighted by atomic mass is 10.2. The van der Waals surface area contributed by atoms with Crippen molar-refractivity contribution in [2.75, 3.05) is 6.54 Å². The number of carbonyl (C=O) groups excluding carboxylic acids is 1. The van der Waals surface area contributed by atoms with E-state index in [4.69, 9.17) is 40.2 Å². The monoisotopic (exact) mass is 435 g/mol. The number of hydrogen-bond donors (Lipinski definition) is 0. The van der Waals surface area contributed by atoms with Crippen LogP contribution in [0.2, 0.25) is 10.0 Å². The smallest absolute Gasteiger partial charge is 0.266 e. The van der Waals surface area contributed by atoms with Crippen molar-refractivity contribution in [2.45, 2.75) is 6.61 Å². The molecule has 1 aliphatic rings. The molecule has 0 atom stereocenters. The Labute approximate surface area is 177 Å². The van der Waals surface area contributed by atoms with Crippen LogP contribution in [-0.4, -0.2) is 21.7 Å². The Morgan fingerprint density at radius 2 is 1.89 bits per heavy atom. The topological polar surface area (TPSA) is 29.5 Å². The molecule has 0 saturated carbocycles. The fourth-order valence-electron chi connectivity index (χ4n) is 2.39. The summed E-state index contributed by atoms with van der Waals surface area (Å²) in [5, 5.41) is 1.02. The Morgan fingerprint density at radius 1 is 1.15 bits per heavy atom. The predicted octanol–water partition coefficient (Wildman–Crippen LogP) is 5.96. The van der Waals surface area contributed by atoms with Crippen LogP contribution < -0.4 is 4.74 Å². The zero-order valence-corrected chi connectivity index (χ0v) is 17.3. The highest BCUT2D eigenvalue weighted by atomic mass is 35.5. The molecule has 0 aromatic heterocycles. The second-order valence-electron chi connectivity index (χ2n) is 5.69. The minimum absolute atomic E-state index is 0.0927. The van der Waals surface area contributed by atoms with E-state index in [1.54, 1.807) is 18.2 Å². The van der Waals surface area contributed by atoms with Crippen LogP contribution >= 0.6 is 47.2 Å². The van der Waals surface area contributed by atoms with Crippen molar-refractivity contribution in [2.24, 2.45) is 0 Å². The van der Waals surface area contributed by atoms with Gasteiger partial charge in [-0.25, -0.2) is 0 Å². The van der Waals surface area contributed by atoms with Crippen LogP contribution in [0.4, 0.5) is 0 Å². The lowest BCUT2D eigenvalue weighted by Gasteiger charge is -2.10. The number of benzene rings is 2. The van der Waals surface area contributed by atoms with Gasteiger partial charge >= 0.3 is 0 Å². The summed E-state index contributed by atoms with van der Waals surface area (Å²) in [4.78, 5) is 14.5. The summed E-state index contributed by atoms with van der Waals surface area (Å²) in [5.74, 6) is 0.627. The predicted molar refractivity (Wildman–Crippen MR) is 117 cm³/mol. The van der Waals surface area contributed by atoms with E-state index in [1.807, 2.05) is 36.4 Å². The van der Waals surface area contributed by atoms with Gasteiger partial charge < -0.3 is 4.74 Å². The molecule has 2 aromatic rings. The summed E-state index contributed by atoms with van der Waals surface area (Å²) in [6.07, 6.45) is 3.48. The maximum Gasteiger partial charge on any atom is 0.266 e. The summed E-state index contributed by atoms with van der Waals surface area (Å²) in [5.41, 5.74) is 1.83. The lowest BCUT2D eigenvalue weighted by Crippen LogP contribution is -2.27. The number of thiocarbonyl (C=S) groups is 1. The molecule has 2 aromatic carbocycles. The summed E-state index contributed by atoms with van der Waals surface area (Å²) in [6, 6.07) is 12.9. The Morgan fingerprint density at radius 3 is 2.56 bits per heavy atom. The molecule has 0 unspecified atom stereocenters. The highest BCUT2D eigenvalue weighted by molar-refractivity contribution is 8.26. The molecule has 3 nitrogen and oxygen atoms in total. The van der Waals surface area contributed by atoms with Gasteiger partial charge in [0.05, 0.1) is 15.0 Å². The van der Waals surface area contributed by atoms with Gasteiger partial charge in [-0.05, 0) is 41.5 Å². The van der Waals surface area contributed by atoms with Gasteiger partial charge in [-0.1, -0.05) is 71.5 Å². The van der Waals surface area contributed by atoms with E-state index in [-0.39, 0.29) is 5.91 Å². The zero-order chi connectivity index (χ0) is 19.4.